The molecule has 3 nitrogen and oxygen atoms in total. The van der Waals surface area contributed by atoms with Crippen molar-refractivity contribution in [3.63, 3.8) is 0 Å². The zero-order valence-electron chi connectivity index (χ0n) is 10.6. The third-order valence-corrected chi connectivity index (χ3v) is 4.10. The lowest BCUT2D eigenvalue weighted by molar-refractivity contribution is 0.0747. The lowest BCUT2D eigenvalue weighted by Crippen LogP contribution is -2.44. The highest BCUT2D eigenvalue weighted by Gasteiger charge is 2.26. The van der Waals surface area contributed by atoms with Gasteiger partial charge in [0.1, 0.15) is 0 Å². The summed E-state index contributed by atoms with van der Waals surface area (Å²) < 4.78 is 0. The quantitative estimate of drug-likeness (QED) is 0.821. The van der Waals surface area contributed by atoms with Crippen molar-refractivity contribution in [1.82, 2.24) is 4.90 Å². The van der Waals surface area contributed by atoms with E-state index in [-0.39, 0.29) is 12.4 Å². The van der Waals surface area contributed by atoms with Crippen LogP contribution in [0.5, 0.6) is 0 Å². The molecule has 19 heavy (non-hydrogen) atoms. The first-order chi connectivity index (χ1) is 9.11. The van der Waals surface area contributed by atoms with E-state index in [4.69, 9.17) is 28.3 Å². The first-order valence-electron chi connectivity index (χ1n) is 6.45. The van der Waals surface area contributed by atoms with E-state index in [1.54, 1.807) is 18.2 Å². The van der Waals surface area contributed by atoms with Crippen LogP contribution in [0.4, 0.5) is 0 Å². The smallest absolute Gasteiger partial charge is 0.178 e. The van der Waals surface area contributed by atoms with Crippen LogP contribution in [-0.4, -0.2) is 41.5 Å². The van der Waals surface area contributed by atoms with Gasteiger partial charge in [-0.25, -0.2) is 0 Å². The molecule has 1 aliphatic carbocycles. The number of rotatable bonds is 6. The van der Waals surface area contributed by atoms with E-state index >= 15 is 0 Å². The van der Waals surface area contributed by atoms with Crippen LogP contribution in [0.15, 0.2) is 18.2 Å². The fourth-order valence-corrected chi connectivity index (χ4v) is 2.77. The molecule has 0 radical (unpaired) electrons. The van der Waals surface area contributed by atoms with Crippen molar-refractivity contribution in [1.29, 1.82) is 0 Å². The Morgan fingerprint density at radius 1 is 1.37 bits per heavy atom. The number of nitrogens with zero attached hydrogens (tertiary/aromatic N) is 1. The minimum Gasteiger partial charge on any atom is -0.395 e. The van der Waals surface area contributed by atoms with Crippen molar-refractivity contribution in [3.8, 4) is 0 Å². The molecule has 104 valence electrons. The number of carbonyl (C=O) groups is 1. The van der Waals surface area contributed by atoms with Crippen LogP contribution in [0.25, 0.3) is 0 Å². The molecular weight excluding hydrogens is 285 g/mol. The molecule has 1 N–H and O–H groups in total. The second kappa shape index (κ2) is 6.71. The zero-order valence-corrected chi connectivity index (χ0v) is 12.1. The van der Waals surface area contributed by atoms with Crippen LogP contribution >= 0.6 is 23.2 Å². The van der Waals surface area contributed by atoms with Gasteiger partial charge in [0.25, 0.3) is 0 Å². The summed E-state index contributed by atoms with van der Waals surface area (Å²) >= 11 is 11.9. The van der Waals surface area contributed by atoms with Crippen molar-refractivity contribution < 1.29 is 9.90 Å². The van der Waals surface area contributed by atoms with Gasteiger partial charge in [-0.1, -0.05) is 29.6 Å². The maximum atomic E-state index is 12.3. The summed E-state index contributed by atoms with van der Waals surface area (Å²) in [6.45, 7) is 0.895. The summed E-state index contributed by atoms with van der Waals surface area (Å²) in [6.07, 6.45) is 3.39. The molecule has 1 saturated carbocycles. The van der Waals surface area contributed by atoms with Crippen LogP contribution in [0.2, 0.25) is 10.0 Å². The summed E-state index contributed by atoms with van der Waals surface area (Å²) in [6, 6.07) is 5.32. The molecule has 2 rings (SSSR count). The molecule has 0 atom stereocenters. The third kappa shape index (κ3) is 3.69. The highest BCUT2D eigenvalue weighted by Crippen LogP contribution is 2.26. The number of Topliss-reactive ketones (excluding diaryl/α,β-unsaturated/α-hetero) is 1. The molecule has 1 aromatic carbocycles. The molecule has 1 fully saturated rings. The molecular formula is C14H17Cl2NO2. The average molecular weight is 302 g/mol. The minimum absolute atomic E-state index is 0.0259. The van der Waals surface area contributed by atoms with E-state index in [9.17, 15) is 4.79 Å². The number of ketones is 1. The first kappa shape index (κ1) is 14.8. The fraction of sp³-hybridized carbons (Fsp3) is 0.500. The summed E-state index contributed by atoms with van der Waals surface area (Å²) in [4.78, 5) is 14.3. The normalized spacial score (nSPS) is 15.6. The number of carbonyl (C=O) groups excluding carboxylic acids is 1. The van der Waals surface area contributed by atoms with Gasteiger partial charge in [0, 0.05) is 23.2 Å². The summed E-state index contributed by atoms with van der Waals surface area (Å²) in [5, 5.41) is 9.99. The molecule has 0 aromatic heterocycles. The number of halogens is 2. The largest absolute Gasteiger partial charge is 0.395 e. The third-order valence-electron chi connectivity index (χ3n) is 3.56. The fourth-order valence-electron chi connectivity index (χ4n) is 2.26. The molecule has 0 saturated heterocycles. The first-order valence-corrected chi connectivity index (χ1v) is 7.20. The predicted octanol–water partition coefficient (Wildman–Crippen LogP) is 3.02. The average Bonchev–Trinajstić information content (AvgIpc) is 2.26. The Bertz CT molecular complexity index is 461. The molecule has 1 aromatic rings. The second-order valence-electron chi connectivity index (χ2n) is 4.83. The van der Waals surface area contributed by atoms with E-state index in [0.29, 0.717) is 34.7 Å². The van der Waals surface area contributed by atoms with Gasteiger partial charge in [-0.3, -0.25) is 9.69 Å². The molecule has 0 spiro atoms. The van der Waals surface area contributed by atoms with Crippen molar-refractivity contribution in [2.24, 2.45) is 0 Å². The second-order valence-corrected chi connectivity index (χ2v) is 5.67. The lowest BCUT2D eigenvalue weighted by atomic mass is 9.91. The molecule has 1 aliphatic rings. The van der Waals surface area contributed by atoms with E-state index < -0.39 is 0 Å². The Morgan fingerprint density at radius 2 is 2.11 bits per heavy atom. The maximum Gasteiger partial charge on any atom is 0.178 e. The highest BCUT2D eigenvalue weighted by molar-refractivity contribution is 6.36. The van der Waals surface area contributed by atoms with Crippen LogP contribution in [0, 0.1) is 0 Å². The van der Waals surface area contributed by atoms with Crippen LogP contribution < -0.4 is 0 Å². The van der Waals surface area contributed by atoms with Gasteiger partial charge in [0.2, 0.25) is 0 Å². The van der Waals surface area contributed by atoms with Gasteiger partial charge in [0.15, 0.2) is 5.78 Å². The topological polar surface area (TPSA) is 40.5 Å². The monoisotopic (exact) mass is 301 g/mol. The van der Waals surface area contributed by atoms with Gasteiger partial charge in [-0.15, -0.1) is 0 Å². The number of benzene rings is 1. The van der Waals surface area contributed by atoms with Crippen molar-refractivity contribution in [2.75, 3.05) is 19.7 Å². The molecule has 0 aliphatic heterocycles. The number of aliphatic hydroxyl groups is 1. The SMILES string of the molecule is O=C(CN(CCO)C1CCC1)c1ccc(Cl)cc1Cl. The Labute approximate surface area is 123 Å². The number of aliphatic hydroxyl groups excluding tert-OH is 1. The molecule has 0 unspecified atom stereocenters. The van der Waals surface area contributed by atoms with Gasteiger partial charge in [-0.2, -0.15) is 0 Å². The number of hydrogen-bond acceptors (Lipinski definition) is 3. The van der Waals surface area contributed by atoms with E-state index in [1.165, 1.54) is 6.42 Å². The Kier molecular flexibility index (Phi) is 5.22. The van der Waals surface area contributed by atoms with E-state index in [1.807, 2.05) is 4.90 Å². The molecule has 0 heterocycles. The Balaban J connectivity index is 2.05. The van der Waals surface area contributed by atoms with Crippen molar-refractivity contribution in [3.05, 3.63) is 33.8 Å². The molecule has 0 bridgehead atoms. The van der Waals surface area contributed by atoms with Crippen LogP contribution in [0.1, 0.15) is 29.6 Å². The van der Waals surface area contributed by atoms with Gasteiger partial charge < -0.3 is 5.11 Å². The van der Waals surface area contributed by atoms with Crippen LogP contribution in [-0.2, 0) is 0 Å². The standard InChI is InChI=1S/C14H17Cl2NO2/c15-10-4-5-12(13(16)8-10)14(19)9-17(6-7-18)11-2-1-3-11/h4-5,8,11,18H,1-3,6-7,9H2. The summed E-state index contributed by atoms with van der Waals surface area (Å²) in [7, 11) is 0. The molecule has 5 heteroatoms. The maximum absolute atomic E-state index is 12.3. The summed E-state index contributed by atoms with van der Waals surface area (Å²) in [5.41, 5.74) is 0.494. The van der Waals surface area contributed by atoms with Crippen LogP contribution in [0.3, 0.4) is 0 Å². The van der Waals surface area contributed by atoms with E-state index in [2.05, 4.69) is 0 Å². The van der Waals surface area contributed by atoms with Gasteiger partial charge >= 0.3 is 0 Å². The highest BCUT2D eigenvalue weighted by atomic mass is 35.5. The van der Waals surface area contributed by atoms with Crippen molar-refractivity contribution in [2.45, 2.75) is 25.3 Å². The Hall–Kier alpha value is -0.610. The number of hydrogen-bond donors (Lipinski definition) is 1. The van der Waals surface area contributed by atoms with Crippen molar-refractivity contribution >= 4 is 29.0 Å². The lowest BCUT2D eigenvalue weighted by Gasteiger charge is -2.36. The predicted molar refractivity (Wildman–Crippen MR) is 77.1 cm³/mol. The zero-order chi connectivity index (χ0) is 13.8. The van der Waals surface area contributed by atoms with Gasteiger partial charge in [-0.05, 0) is 31.0 Å². The summed E-state index contributed by atoms with van der Waals surface area (Å²) in [5.74, 6) is -0.0259. The minimum atomic E-state index is -0.0259. The Morgan fingerprint density at radius 3 is 2.63 bits per heavy atom. The van der Waals surface area contributed by atoms with Gasteiger partial charge in [0.05, 0.1) is 18.2 Å². The molecule has 0 amide bonds. The van der Waals surface area contributed by atoms with E-state index in [0.717, 1.165) is 12.8 Å².